The molecule has 0 aromatic rings. The van der Waals surface area contributed by atoms with E-state index in [1.165, 1.54) is 12.8 Å². The topological polar surface area (TPSA) is 52.9 Å². The summed E-state index contributed by atoms with van der Waals surface area (Å²) in [6, 6.07) is 0. The fourth-order valence-electron chi connectivity index (χ4n) is 1.40. The summed E-state index contributed by atoms with van der Waals surface area (Å²) in [6.07, 6.45) is 1.87. The van der Waals surface area contributed by atoms with Crippen LogP contribution in [0.5, 0.6) is 0 Å². The van der Waals surface area contributed by atoms with Gasteiger partial charge in [0.2, 0.25) is 0 Å². The summed E-state index contributed by atoms with van der Waals surface area (Å²) in [5.74, 6) is 0. The highest BCUT2D eigenvalue weighted by Gasteiger charge is 2.15. The van der Waals surface area contributed by atoms with Crippen LogP contribution < -0.4 is 0 Å². The highest BCUT2D eigenvalue weighted by molar-refractivity contribution is 4.69. The zero-order valence-corrected chi connectivity index (χ0v) is 6.57. The van der Waals surface area contributed by atoms with Crippen LogP contribution in [0.4, 0.5) is 0 Å². The maximum absolute atomic E-state index is 9.18. The highest BCUT2D eigenvalue weighted by Crippen LogP contribution is 2.07. The van der Waals surface area contributed by atoms with Gasteiger partial charge in [-0.05, 0) is 25.9 Å². The molecule has 0 bridgehead atoms. The second-order valence-corrected chi connectivity index (χ2v) is 2.96. The summed E-state index contributed by atoms with van der Waals surface area (Å²) >= 11 is 0. The average Bonchev–Trinajstić information content (AvgIpc) is 2.40. The molecule has 0 aromatic carbocycles. The maximum Gasteiger partial charge on any atom is 0.109 e. The van der Waals surface area contributed by atoms with Gasteiger partial charge in [-0.2, -0.15) is 0 Å². The lowest BCUT2D eigenvalue weighted by molar-refractivity contribution is -0.257. The Morgan fingerprint density at radius 3 is 2.55 bits per heavy atom. The molecule has 0 radical (unpaired) electrons. The van der Waals surface area contributed by atoms with Crippen molar-refractivity contribution < 1.29 is 15.3 Å². The third kappa shape index (κ3) is 3.16. The van der Waals surface area contributed by atoms with Gasteiger partial charge in [-0.3, -0.25) is 5.26 Å². The van der Waals surface area contributed by atoms with Crippen LogP contribution >= 0.6 is 0 Å². The molecule has 11 heavy (non-hydrogen) atoms. The number of likely N-dealkylation sites (tertiary alicyclic amines) is 1. The van der Waals surface area contributed by atoms with E-state index >= 15 is 0 Å². The van der Waals surface area contributed by atoms with Crippen molar-refractivity contribution in [3.8, 4) is 0 Å². The molecule has 1 atom stereocenters. The second kappa shape index (κ2) is 4.66. The smallest absolute Gasteiger partial charge is 0.109 e. The number of hydrogen-bond donors (Lipinski definition) is 2. The van der Waals surface area contributed by atoms with Crippen molar-refractivity contribution in [2.75, 3.05) is 26.2 Å². The monoisotopic (exact) mass is 161 g/mol. The summed E-state index contributed by atoms with van der Waals surface area (Å²) in [6.45, 7) is 2.74. The van der Waals surface area contributed by atoms with Crippen LogP contribution in [0.2, 0.25) is 0 Å². The average molecular weight is 161 g/mol. The molecule has 1 heterocycles. The number of hydrogen-bond acceptors (Lipinski definition) is 4. The Labute approximate surface area is 66.3 Å². The van der Waals surface area contributed by atoms with Crippen LogP contribution in [0.15, 0.2) is 0 Å². The van der Waals surface area contributed by atoms with Crippen molar-refractivity contribution in [1.82, 2.24) is 4.90 Å². The number of nitrogens with zero attached hydrogens (tertiary/aromatic N) is 1. The number of rotatable bonds is 4. The second-order valence-electron chi connectivity index (χ2n) is 2.96. The van der Waals surface area contributed by atoms with Gasteiger partial charge in [0.1, 0.15) is 6.61 Å². The van der Waals surface area contributed by atoms with Crippen molar-refractivity contribution in [2.45, 2.75) is 18.9 Å². The van der Waals surface area contributed by atoms with E-state index in [-0.39, 0.29) is 6.61 Å². The summed E-state index contributed by atoms with van der Waals surface area (Å²) in [4.78, 5) is 6.01. The molecular weight excluding hydrogens is 146 g/mol. The van der Waals surface area contributed by atoms with Gasteiger partial charge in [-0.1, -0.05) is 0 Å². The molecule has 4 nitrogen and oxygen atoms in total. The first-order valence-corrected chi connectivity index (χ1v) is 3.99. The van der Waals surface area contributed by atoms with E-state index in [2.05, 4.69) is 9.79 Å². The Bertz CT molecular complexity index is 104. The van der Waals surface area contributed by atoms with Crippen LogP contribution in [-0.4, -0.2) is 47.6 Å². The molecule has 0 aliphatic carbocycles. The van der Waals surface area contributed by atoms with Gasteiger partial charge in [-0.15, -0.1) is 0 Å². The van der Waals surface area contributed by atoms with E-state index in [1.807, 2.05) is 0 Å². The quantitative estimate of drug-likeness (QED) is 0.448. The minimum absolute atomic E-state index is 0.0104. The molecule has 1 saturated heterocycles. The van der Waals surface area contributed by atoms with E-state index in [9.17, 15) is 5.11 Å². The first kappa shape index (κ1) is 8.93. The van der Waals surface area contributed by atoms with Crippen LogP contribution in [0, 0.1) is 0 Å². The molecule has 2 N–H and O–H groups in total. The van der Waals surface area contributed by atoms with Crippen molar-refractivity contribution in [1.29, 1.82) is 0 Å². The van der Waals surface area contributed by atoms with Crippen LogP contribution in [0.25, 0.3) is 0 Å². The molecule has 1 aliphatic rings. The van der Waals surface area contributed by atoms with E-state index in [0.29, 0.717) is 6.54 Å². The Morgan fingerprint density at radius 1 is 1.36 bits per heavy atom. The summed E-state index contributed by atoms with van der Waals surface area (Å²) in [5.41, 5.74) is 0. The summed E-state index contributed by atoms with van der Waals surface area (Å²) < 4.78 is 0. The minimum atomic E-state index is -0.557. The molecule has 1 rings (SSSR count). The summed E-state index contributed by atoms with van der Waals surface area (Å²) in [5, 5.41) is 17.2. The predicted octanol–water partition coefficient (Wildman–Crippen LogP) is -0.0673. The zero-order valence-electron chi connectivity index (χ0n) is 6.57. The van der Waals surface area contributed by atoms with Crippen LogP contribution in [0.3, 0.4) is 0 Å². The van der Waals surface area contributed by atoms with Crippen molar-refractivity contribution in [2.24, 2.45) is 0 Å². The normalized spacial score (nSPS) is 22.4. The van der Waals surface area contributed by atoms with Gasteiger partial charge in [-0.25, -0.2) is 4.89 Å². The van der Waals surface area contributed by atoms with Gasteiger partial charge >= 0.3 is 0 Å². The van der Waals surface area contributed by atoms with Gasteiger partial charge in [0.15, 0.2) is 0 Å². The van der Waals surface area contributed by atoms with E-state index in [1.54, 1.807) is 0 Å². The molecule has 0 saturated carbocycles. The Hall–Kier alpha value is -0.160. The van der Waals surface area contributed by atoms with E-state index < -0.39 is 6.10 Å². The van der Waals surface area contributed by atoms with Gasteiger partial charge in [0.25, 0.3) is 0 Å². The standard InChI is InChI=1S/C7H15NO3/c9-7(6-11-10)5-8-3-1-2-4-8/h7,9-10H,1-6H2. The summed E-state index contributed by atoms with van der Waals surface area (Å²) in [7, 11) is 0. The van der Waals surface area contributed by atoms with E-state index in [4.69, 9.17) is 5.26 Å². The molecule has 0 aromatic heterocycles. The lowest BCUT2D eigenvalue weighted by Crippen LogP contribution is -2.32. The van der Waals surface area contributed by atoms with Crippen LogP contribution in [-0.2, 0) is 4.89 Å². The lowest BCUT2D eigenvalue weighted by atomic mass is 10.3. The molecule has 1 fully saturated rings. The molecule has 1 aliphatic heterocycles. The number of β-amino-alcohol motifs (C(OH)–C–C–N with tert-alkyl or cyclic N) is 1. The van der Waals surface area contributed by atoms with Gasteiger partial charge in [0, 0.05) is 6.54 Å². The molecule has 4 heteroatoms. The predicted molar refractivity (Wildman–Crippen MR) is 40.3 cm³/mol. The molecule has 0 amide bonds. The third-order valence-corrected chi connectivity index (χ3v) is 1.93. The van der Waals surface area contributed by atoms with Gasteiger partial charge < -0.3 is 10.0 Å². The first-order chi connectivity index (χ1) is 5.33. The lowest BCUT2D eigenvalue weighted by Gasteiger charge is -2.17. The van der Waals surface area contributed by atoms with Crippen molar-refractivity contribution >= 4 is 0 Å². The highest BCUT2D eigenvalue weighted by atomic mass is 17.1. The maximum atomic E-state index is 9.18. The number of aliphatic hydroxyl groups excluding tert-OH is 1. The zero-order chi connectivity index (χ0) is 8.10. The SMILES string of the molecule is OOCC(O)CN1CCCC1. The van der Waals surface area contributed by atoms with Crippen molar-refractivity contribution in [3.05, 3.63) is 0 Å². The Balaban J connectivity index is 2.08. The van der Waals surface area contributed by atoms with Crippen molar-refractivity contribution in [3.63, 3.8) is 0 Å². The molecule has 0 spiro atoms. The molecular formula is C7H15NO3. The van der Waals surface area contributed by atoms with Crippen LogP contribution in [0.1, 0.15) is 12.8 Å². The number of aliphatic hydroxyl groups is 1. The van der Waals surface area contributed by atoms with Gasteiger partial charge in [0.05, 0.1) is 6.10 Å². The fraction of sp³-hybridized carbons (Fsp3) is 1.00. The molecule has 66 valence electrons. The third-order valence-electron chi connectivity index (χ3n) is 1.93. The first-order valence-electron chi connectivity index (χ1n) is 3.99. The van der Waals surface area contributed by atoms with E-state index in [0.717, 1.165) is 13.1 Å². The largest absolute Gasteiger partial charge is 0.389 e. The Morgan fingerprint density at radius 2 is 2.00 bits per heavy atom. The fourth-order valence-corrected chi connectivity index (χ4v) is 1.40. The minimum Gasteiger partial charge on any atom is -0.389 e. The molecule has 1 unspecified atom stereocenters. The Kier molecular flexibility index (Phi) is 3.79.